The molecular weight excluding hydrogens is 498 g/mol. The van der Waals surface area contributed by atoms with Crippen LogP contribution < -0.4 is 20.3 Å². The number of rotatable bonds is 5. The summed E-state index contributed by atoms with van der Waals surface area (Å²) in [5.41, 5.74) is 1.25. The van der Waals surface area contributed by atoms with Gasteiger partial charge in [0.25, 0.3) is 0 Å². The van der Waals surface area contributed by atoms with Crippen LogP contribution in [0.25, 0.3) is 0 Å². The zero-order valence-corrected chi connectivity index (χ0v) is 23.6. The molecule has 0 bridgehead atoms. The van der Waals surface area contributed by atoms with Gasteiger partial charge < -0.3 is 20.3 Å². The molecule has 1 aromatic rings. The Bertz CT molecular complexity index is 1000. The first-order valence-electron chi connectivity index (χ1n) is 13.9. The van der Waals surface area contributed by atoms with Crippen molar-refractivity contribution in [3.63, 3.8) is 0 Å². The maximum Gasteiger partial charge on any atom is 0.319 e. The fourth-order valence-electron chi connectivity index (χ4n) is 4.94. The second-order valence-electron chi connectivity index (χ2n) is 9.95. The molecule has 6 nitrogen and oxygen atoms in total. The van der Waals surface area contributed by atoms with E-state index in [2.05, 4.69) is 71.4 Å². The van der Waals surface area contributed by atoms with E-state index in [1.54, 1.807) is 0 Å². The van der Waals surface area contributed by atoms with Gasteiger partial charge in [0, 0.05) is 45.7 Å². The van der Waals surface area contributed by atoms with Crippen LogP contribution in [0.2, 0.25) is 0 Å². The molecule has 0 unspecified atom stereocenters. The molecule has 0 aromatic heterocycles. The Morgan fingerprint density at radius 2 is 1.64 bits per heavy atom. The predicted molar refractivity (Wildman–Crippen MR) is 156 cm³/mol. The van der Waals surface area contributed by atoms with Gasteiger partial charge in [0.1, 0.15) is 17.4 Å². The first-order chi connectivity index (χ1) is 18.9. The number of hydrogen-bond donors (Lipinski definition) is 2. The van der Waals surface area contributed by atoms with Gasteiger partial charge in [-0.3, -0.25) is 4.90 Å². The van der Waals surface area contributed by atoms with Gasteiger partial charge >= 0.3 is 6.03 Å². The van der Waals surface area contributed by atoms with Crippen molar-refractivity contribution in [1.29, 1.82) is 0 Å². The molecule has 8 heteroatoms. The maximum absolute atomic E-state index is 13.2. The Hall–Kier alpha value is -3.31. The van der Waals surface area contributed by atoms with E-state index < -0.39 is 17.7 Å². The van der Waals surface area contributed by atoms with Crippen LogP contribution in [0.4, 0.5) is 19.3 Å². The Kier molecular flexibility index (Phi) is 14.2. The molecule has 1 saturated heterocycles. The number of carbonyl (C=O) groups is 1. The van der Waals surface area contributed by atoms with E-state index in [1.165, 1.54) is 70.4 Å². The highest BCUT2D eigenvalue weighted by molar-refractivity contribution is 5.76. The predicted octanol–water partition coefficient (Wildman–Crippen LogP) is 6.48. The number of nitrogens with zero attached hydrogens (tertiary/aromatic N) is 2. The van der Waals surface area contributed by atoms with E-state index in [0.29, 0.717) is 0 Å². The van der Waals surface area contributed by atoms with Crippen LogP contribution in [-0.4, -0.2) is 56.3 Å². The number of nitrogens with one attached hydrogen (secondary N) is 2. The topological polar surface area (TPSA) is 56.8 Å². The summed E-state index contributed by atoms with van der Waals surface area (Å²) >= 11 is 0. The van der Waals surface area contributed by atoms with E-state index >= 15 is 0 Å². The van der Waals surface area contributed by atoms with E-state index in [-0.39, 0.29) is 18.2 Å². The van der Waals surface area contributed by atoms with Crippen molar-refractivity contribution in [3.8, 4) is 18.6 Å². The Morgan fingerprint density at radius 1 is 1.00 bits per heavy atom. The summed E-state index contributed by atoms with van der Waals surface area (Å²) in [5.74, 6) is -0.0585. The number of piperazine rings is 1. The van der Waals surface area contributed by atoms with Crippen molar-refractivity contribution < 1.29 is 18.3 Å². The van der Waals surface area contributed by atoms with Gasteiger partial charge in [0.05, 0.1) is 17.5 Å². The molecule has 4 rings (SSSR count). The third kappa shape index (κ3) is 10.8. The van der Waals surface area contributed by atoms with Crippen LogP contribution in [0.5, 0.6) is 5.75 Å². The largest absolute Gasteiger partial charge is 0.489 e. The van der Waals surface area contributed by atoms with Crippen molar-refractivity contribution in [3.05, 3.63) is 59.8 Å². The lowest BCUT2D eigenvalue weighted by Crippen LogP contribution is -2.50. The lowest BCUT2D eigenvalue weighted by atomic mass is 10.1. The molecule has 3 aliphatic rings. The molecule has 1 aromatic carbocycles. The Morgan fingerprint density at radius 3 is 2.26 bits per heavy atom. The number of carbonyl (C=O) groups excluding carboxylic acids is 1. The first kappa shape index (κ1) is 31.9. The Balaban J connectivity index is 0.000000287. The smallest absolute Gasteiger partial charge is 0.319 e. The lowest BCUT2D eigenvalue weighted by molar-refractivity contribution is 0.168. The molecule has 1 saturated carbocycles. The van der Waals surface area contributed by atoms with Crippen molar-refractivity contribution >= 4 is 11.7 Å². The number of allylic oxidation sites excluding steroid dienone is 5. The quantitative estimate of drug-likeness (QED) is 0.330. The summed E-state index contributed by atoms with van der Waals surface area (Å²) in [6, 6.07) is 8.80. The van der Waals surface area contributed by atoms with E-state index in [0.717, 1.165) is 37.0 Å². The fraction of sp³-hybridized carbons (Fsp3) is 0.516. The first-order valence-corrected chi connectivity index (χ1v) is 13.9. The van der Waals surface area contributed by atoms with Crippen LogP contribution in [-0.2, 0) is 0 Å². The molecule has 2 N–H and O–H groups in total. The van der Waals surface area contributed by atoms with Crippen molar-refractivity contribution in [2.45, 2.75) is 70.9 Å². The van der Waals surface area contributed by atoms with Crippen LogP contribution in [0.15, 0.2) is 59.8 Å². The number of urea groups is 1. The van der Waals surface area contributed by atoms with Gasteiger partial charge in [-0.1, -0.05) is 37.8 Å². The van der Waals surface area contributed by atoms with Gasteiger partial charge in [-0.2, -0.15) is 0 Å². The minimum absolute atomic E-state index is 0.0201. The highest BCUT2D eigenvalue weighted by atomic mass is 19.1. The minimum atomic E-state index is -0.572. The normalized spacial score (nSPS) is 18.5. The highest BCUT2D eigenvalue weighted by Gasteiger charge is 2.25. The number of hydrogen-bond acceptors (Lipinski definition) is 4. The van der Waals surface area contributed by atoms with Gasteiger partial charge in [-0.25, -0.2) is 13.6 Å². The molecule has 2 amide bonds. The molecule has 2 fully saturated rings. The molecule has 2 aliphatic carbocycles. The van der Waals surface area contributed by atoms with Crippen LogP contribution >= 0.6 is 0 Å². The lowest BCUT2D eigenvalue weighted by Gasteiger charge is -2.40. The maximum atomic E-state index is 13.2. The number of ether oxygens (including phenoxy) is 1. The molecule has 0 spiro atoms. The van der Waals surface area contributed by atoms with E-state index in [4.69, 9.17) is 4.74 Å². The number of anilines is 1. The zero-order valence-electron chi connectivity index (χ0n) is 23.6. The fourth-order valence-corrected chi connectivity index (χ4v) is 4.94. The molecule has 214 valence electrons. The van der Waals surface area contributed by atoms with Gasteiger partial charge in [-0.15, -0.1) is 12.8 Å². The van der Waals surface area contributed by atoms with Crippen LogP contribution in [0.3, 0.4) is 0 Å². The average Bonchev–Trinajstić information content (AvgIpc) is 3.32. The van der Waals surface area contributed by atoms with Crippen LogP contribution in [0.1, 0.15) is 58.8 Å². The average molecular weight is 543 g/mol. The summed E-state index contributed by atoms with van der Waals surface area (Å²) in [5, 5.41) is 4.52. The third-order valence-electron chi connectivity index (χ3n) is 6.88. The molecule has 39 heavy (non-hydrogen) atoms. The highest BCUT2D eigenvalue weighted by Crippen LogP contribution is 2.31. The molecule has 0 atom stereocenters. The molecular formula is C31H44F2N4O2. The molecule has 1 aliphatic heterocycles. The summed E-state index contributed by atoms with van der Waals surface area (Å²) in [6.07, 6.45) is 20.0. The second kappa shape index (κ2) is 17.3. The summed E-state index contributed by atoms with van der Waals surface area (Å²) in [4.78, 5) is 16.1. The van der Waals surface area contributed by atoms with Crippen molar-refractivity contribution in [2.24, 2.45) is 0 Å². The Labute approximate surface area is 233 Å². The SMILES string of the molecule is C#C.CC(C)Oc1ccccc1N1CCN(C2CCCCCC2)CC1.CNC(=O)NC1=C(F)CC=C(F)C=C1. The zero-order chi connectivity index (χ0) is 28.6. The monoisotopic (exact) mass is 542 g/mol. The van der Waals surface area contributed by atoms with E-state index in [1.807, 2.05) is 0 Å². The third-order valence-corrected chi connectivity index (χ3v) is 6.88. The summed E-state index contributed by atoms with van der Waals surface area (Å²) in [7, 11) is 1.41. The summed E-state index contributed by atoms with van der Waals surface area (Å²) < 4.78 is 31.8. The van der Waals surface area contributed by atoms with Gasteiger partial charge in [-0.05, 0) is 57.0 Å². The number of terminal acetylenes is 1. The second-order valence-corrected chi connectivity index (χ2v) is 9.95. The molecule has 1 heterocycles. The number of benzene rings is 1. The van der Waals surface area contributed by atoms with Crippen molar-refractivity contribution in [1.82, 2.24) is 15.5 Å². The summed E-state index contributed by atoms with van der Waals surface area (Å²) in [6.45, 7) is 8.83. The number of para-hydroxylation sites is 2. The standard InChI is InChI=1S/C20H32N2O.C9H10F2N2O.C2H2/c1-17(2)23-20-12-8-7-11-19(20)22-15-13-21(14-16-22)18-9-5-3-4-6-10-18;1-12-9(14)13-8-5-3-6(10)2-4-7(8)11;1-2/h7-8,11-12,17-18H,3-6,9-10,13-16H2,1-2H3;2-3,5H,4H2,1H3,(H2,12,13,14);1-2H. The van der Waals surface area contributed by atoms with Crippen molar-refractivity contribution in [2.75, 3.05) is 38.1 Å². The van der Waals surface area contributed by atoms with E-state index in [9.17, 15) is 13.6 Å². The van der Waals surface area contributed by atoms with Gasteiger partial charge in [0.15, 0.2) is 0 Å². The molecule has 0 radical (unpaired) electrons. The number of halogens is 2. The number of amides is 2. The van der Waals surface area contributed by atoms with Gasteiger partial charge in [0.2, 0.25) is 0 Å². The van der Waals surface area contributed by atoms with Crippen LogP contribution in [0, 0.1) is 12.8 Å². The minimum Gasteiger partial charge on any atom is -0.489 e.